The summed E-state index contributed by atoms with van der Waals surface area (Å²) in [5.74, 6) is 1.60. The van der Waals surface area contributed by atoms with Crippen molar-refractivity contribution in [1.29, 1.82) is 0 Å². The minimum absolute atomic E-state index is 0.109. The van der Waals surface area contributed by atoms with Crippen molar-refractivity contribution in [3.63, 3.8) is 0 Å². The smallest absolute Gasteiger partial charge is 0.261 e. The number of rotatable bonds is 30. The Morgan fingerprint density at radius 1 is 0.463 bits per heavy atom. The molecule has 0 bridgehead atoms. The van der Waals surface area contributed by atoms with E-state index in [1.807, 2.05) is 34.1 Å². The second-order valence-corrected chi connectivity index (χ2v) is 17.6. The maximum Gasteiger partial charge on any atom is 0.261 e. The summed E-state index contributed by atoms with van der Waals surface area (Å²) in [6.45, 7) is 10.2. The summed E-state index contributed by atoms with van der Waals surface area (Å²) in [6.07, 6.45) is 29.0. The number of hydrogen-bond donors (Lipinski definition) is 0. The van der Waals surface area contributed by atoms with Gasteiger partial charge in [-0.05, 0) is 93.6 Å². The molecule has 0 saturated heterocycles. The van der Waals surface area contributed by atoms with Gasteiger partial charge in [0.2, 0.25) is 0 Å². The van der Waals surface area contributed by atoms with Gasteiger partial charge in [-0.2, -0.15) is 0 Å². The SMILES string of the molecule is CCCCCCCCC(CCCCCC)CN1C(=O)C2=C(c3ccc(Br)o3)N(CC(CCCCCC)CCCCCCCC)C(=O)C2=C1c1ccc(Br)o1. The predicted molar refractivity (Wildman–Crippen MR) is 231 cm³/mol. The maximum absolute atomic E-state index is 15.0. The monoisotopic (exact) mass is 872 g/mol. The van der Waals surface area contributed by atoms with Crippen molar-refractivity contribution >= 4 is 55.1 Å². The van der Waals surface area contributed by atoms with E-state index in [4.69, 9.17) is 8.83 Å². The standard InChI is InChI=1S/C46H70Br2N2O4/c1-5-9-13-17-19-23-27-35(25-21-15-11-7-3)33-49-43(37-29-31-39(47)53-37)41-42(45(49)51)44(38-30-32-40(48)54-38)50(46(41)52)34-36(26-22-16-12-8-4)28-24-20-18-14-10-6-2/h29-32,35-36H,5-28,33-34H2,1-4H3. The molecular weight excluding hydrogens is 804 g/mol. The van der Waals surface area contributed by atoms with Crippen LogP contribution < -0.4 is 0 Å². The fourth-order valence-electron chi connectivity index (χ4n) is 8.46. The average molecular weight is 875 g/mol. The minimum atomic E-state index is -0.109. The van der Waals surface area contributed by atoms with Crippen molar-refractivity contribution in [3.8, 4) is 0 Å². The maximum atomic E-state index is 15.0. The molecule has 2 amide bonds. The van der Waals surface area contributed by atoms with Gasteiger partial charge >= 0.3 is 0 Å². The number of fused-ring (bicyclic) bond motifs is 1. The highest BCUT2D eigenvalue weighted by Crippen LogP contribution is 2.48. The van der Waals surface area contributed by atoms with Crippen molar-refractivity contribution in [2.24, 2.45) is 11.8 Å². The van der Waals surface area contributed by atoms with E-state index in [1.165, 1.54) is 116 Å². The van der Waals surface area contributed by atoms with Crippen LogP contribution in [0.3, 0.4) is 0 Å². The van der Waals surface area contributed by atoms with Crippen LogP contribution >= 0.6 is 31.9 Å². The highest BCUT2D eigenvalue weighted by Gasteiger charge is 2.51. The molecule has 302 valence electrons. The summed E-state index contributed by atoms with van der Waals surface area (Å²) in [5.41, 5.74) is 2.18. The number of nitrogens with zero attached hydrogens (tertiary/aromatic N) is 2. The Labute approximate surface area is 344 Å². The molecule has 2 atom stereocenters. The lowest BCUT2D eigenvalue weighted by molar-refractivity contribution is -0.124. The number of hydrogen-bond acceptors (Lipinski definition) is 4. The van der Waals surface area contributed by atoms with Gasteiger partial charge in [-0.15, -0.1) is 0 Å². The van der Waals surface area contributed by atoms with E-state index >= 15 is 0 Å². The first-order chi connectivity index (χ1) is 26.3. The molecule has 54 heavy (non-hydrogen) atoms. The first kappa shape index (κ1) is 44.7. The second-order valence-electron chi connectivity index (χ2n) is 16.0. The van der Waals surface area contributed by atoms with Gasteiger partial charge in [0.05, 0.1) is 11.1 Å². The number of carbonyl (C=O) groups excluding carboxylic acids is 2. The first-order valence-corrected chi connectivity index (χ1v) is 23.6. The molecule has 0 fully saturated rings. The lowest BCUT2D eigenvalue weighted by Crippen LogP contribution is -2.34. The topological polar surface area (TPSA) is 66.9 Å². The van der Waals surface area contributed by atoms with Crippen LogP contribution in [0.2, 0.25) is 0 Å². The van der Waals surface area contributed by atoms with Crippen LogP contribution in [0.15, 0.2) is 53.6 Å². The van der Waals surface area contributed by atoms with Gasteiger partial charge in [-0.1, -0.05) is 156 Å². The van der Waals surface area contributed by atoms with Gasteiger partial charge < -0.3 is 18.6 Å². The first-order valence-electron chi connectivity index (χ1n) is 22.0. The second kappa shape index (κ2) is 24.5. The molecule has 0 radical (unpaired) electrons. The molecule has 4 rings (SSSR count). The molecule has 8 heteroatoms. The third kappa shape index (κ3) is 13.0. The molecule has 2 aliphatic rings. The van der Waals surface area contributed by atoms with E-state index in [0.717, 1.165) is 38.5 Å². The summed E-state index contributed by atoms with van der Waals surface area (Å²) < 4.78 is 13.6. The lowest BCUT2D eigenvalue weighted by Gasteiger charge is -2.29. The number of amides is 2. The highest BCUT2D eigenvalue weighted by molar-refractivity contribution is 9.10. The zero-order chi connectivity index (χ0) is 38.7. The van der Waals surface area contributed by atoms with Gasteiger partial charge in [-0.25, -0.2) is 0 Å². The minimum Gasteiger partial charge on any atom is -0.448 e. The number of halogens is 2. The van der Waals surface area contributed by atoms with Gasteiger partial charge in [0.15, 0.2) is 20.9 Å². The van der Waals surface area contributed by atoms with Crippen LogP contribution in [-0.2, 0) is 9.59 Å². The van der Waals surface area contributed by atoms with Crippen LogP contribution in [0, 0.1) is 11.8 Å². The van der Waals surface area contributed by atoms with E-state index in [0.29, 0.717) is 68.3 Å². The Morgan fingerprint density at radius 2 is 0.759 bits per heavy atom. The molecule has 2 aliphatic heterocycles. The van der Waals surface area contributed by atoms with E-state index in [1.54, 1.807) is 0 Å². The average Bonchev–Trinajstić information content (AvgIpc) is 3.92. The van der Waals surface area contributed by atoms with Crippen molar-refractivity contribution in [2.75, 3.05) is 13.1 Å². The quantitative estimate of drug-likeness (QED) is 0.0734. The van der Waals surface area contributed by atoms with Gasteiger partial charge in [0.25, 0.3) is 11.8 Å². The zero-order valence-electron chi connectivity index (χ0n) is 34.1. The van der Waals surface area contributed by atoms with Crippen molar-refractivity contribution < 1.29 is 18.4 Å². The summed E-state index contributed by atoms with van der Waals surface area (Å²) in [7, 11) is 0. The Balaban J connectivity index is 1.69. The van der Waals surface area contributed by atoms with Crippen molar-refractivity contribution in [3.05, 3.63) is 56.3 Å². The summed E-state index contributed by atoms with van der Waals surface area (Å²) in [4.78, 5) is 33.8. The van der Waals surface area contributed by atoms with Gasteiger partial charge in [0.1, 0.15) is 11.4 Å². The molecule has 2 unspecified atom stereocenters. The molecule has 0 aromatic carbocycles. The third-order valence-corrected chi connectivity index (χ3v) is 12.4. The van der Waals surface area contributed by atoms with E-state index in [9.17, 15) is 9.59 Å². The van der Waals surface area contributed by atoms with Crippen molar-refractivity contribution in [2.45, 2.75) is 182 Å². The predicted octanol–water partition coefficient (Wildman–Crippen LogP) is 14.9. The van der Waals surface area contributed by atoms with Gasteiger partial charge in [0, 0.05) is 13.1 Å². The normalized spacial score (nSPS) is 15.7. The number of unbranched alkanes of at least 4 members (excludes halogenated alkanes) is 16. The molecule has 2 aromatic rings. The van der Waals surface area contributed by atoms with Crippen molar-refractivity contribution in [1.82, 2.24) is 9.80 Å². The Bertz CT molecular complexity index is 1380. The van der Waals surface area contributed by atoms with Crippen LogP contribution in [-0.4, -0.2) is 34.7 Å². The van der Waals surface area contributed by atoms with E-state index in [2.05, 4.69) is 59.6 Å². The molecule has 4 heterocycles. The van der Waals surface area contributed by atoms with E-state index in [-0.39, 0.29) is 11.8 Å². The van der Waals surface area contributed by atoms with Crippen LogP contribution in [0.25, 0.3) is 11.4 Å². The molecule has 0 N–H and O–H groups in total. The largest absolute Gasteiger partial charge is 0.448 e. The molecule has 6 nitrogen and oxygen atoms in total. The Hall–Kier alpha value is -2.06. The summed E-state index contributed by atoms with van der Waals surface area (Å²) in [5, 5.41) is 0. The Kier molecular flexibility index (Phi) is 20.3. The lowest BCUT2D eigenvalue weighted by atomic mass is 9.93. The summed E-state index contributed by atoms with van der Waals surface area (Å²) in [6, 6.07) is 7.52. The fraction of sp³-hybridized carbons (Fsp3) is 0.696. The van der Waals surface area contributed by atoms with Crippen LogP contribution in [0.4, 0.5) is 0 Å². The van der Waals surface area contributed by atoms with Gasteiger partial charge in [-0.3, -0.25) is 9.59 Å². The third-order valence-electron chi connectivity index (χ3n) is 11.5. The zero-order valence-corrected chi connectivity index (χ0v) is 37.3. The van der Waals surface area contributed by atoms with Crippen LogP contribution in [0.1, 0.15) is 193 Å². The molecular formula is C46H70Br2N2O4. The number of furan rings is 2. The fourth-order valence-corrected chi connectivity index (χ4v) is 9.07. The number of carbonyl (C=O) groups is 2. The van der Waals surface area contributed by atoms with E-state index < -0.39 is 0 Å². The highest BCUT2D eigenvalue weighted by atomic mass is 79.9. The molecule has 0 saturated carbocycles. The Morgan fingerprint density at radius 3 is 1.06 bits per heavy atom. The molecule has 0 aliphatic carbocycles. The molecule has 0 spiro atoms. The molecule has 2 aromatic heterocycles. The summed E-state index contributed by atoms with van der Waals surface area (Å²) >= 11 is 7.03. The van der Waals surface area contributed by atoms with Crippen LogP contribution in [0.5, 0.6) is 0 Å².